The van der Waals surface area contributed by atoms with E-state index in [9.17, 15) is 4.79 Å². The fraction of sp³-hybridized carbons (Fsp3) is 0.286. The Labute approximate surface area is 164 Å². The van der Waals surface area contributed by atoms with Crippen molar-refractivity contribution in [2.45, 2.75) is 13.3 Å². The number of carbonyl (C=O) groups excluding carboxylic acids is 1. The first-order chi connectivity index (χ1) is 13.7. The van der Waals surface area contributed by atoms with E-state index in [-0.39, 0.29) is 5.91 Å². The molecule has 3 aromatic heterocycles. The van der Waals surface area contributed by atoms with Crippen LogP contribution in [-0.4, -0.2) is 56.9 Å². The van der Waals surface area contributed by atoms with Gasteiger partial charge in [0.25, 0.3) is 5.91 Å². The van der Waals surface area contributed by atoms with Crippen molar-refractivity contribution in [3.05, 3.63) is 66.4 Å². The predicted molar refractivity (Wildman–Crippen MR) is 107 cm³/mol. The van der Waals surface area contributed by atoms with Crippen LogP contribution in [0.2, 0.25) is 0 Å². The number of hydrogen-bond donors (Lipinski definition) is 0. The highest BCUT2D eigenvalue weighted by Crippen LogP contribution is 2.21. The fourth-order valence-electron chi connectivity index (χ4n) is 3.34. The van der Waals surface area contributed by atoms with Crippen LogP contribution in [0.1, 0.15) is 22.6 Å². The van der Waals surface area contributed by atoms with Crippen LogP contribution in [0.25, 0.3) is 11.4 Å². The molecular weight excluding hydrogens is 352 g/mol. The zero-order valence-electron chi connectivity index (χ0n) is 15.8. The number of pyridine rings is 2. The van der Waals surface area contributed by atoms with E-state index in [1.165, 1.54) is 0 Å². The Kier molecular flexibility index (Phi) is 5.23. The Morgan fingerprint density at radius 3 is 2.61 bits per heavy atom. The monoisotopic (exact) mass is 374 g/mol. The minimum atomic E-state index is -0.0150. The molecule has 7 heteroatoms. The van der Waals surface area contributed by atoms with Gasteiger partial charge < -0.3 is 9.80 Å². The quantitative estimate of drug-likeness (QED) is 0.701. The molecule has 0 aliphatic carbocycles. The number of aromatic nitrogens is 4. The SMILES string of the molecule is Cc1cc(N2CCCN(C(=O)c3ccccn3)CC2)nc(-c2ccncc2)n1. The summed E-state index contributed by atoms with van der Waals surface area (Å²) >= 11 is 0. The van der Waals surface area contributed by atoms with Gasteiger partial charge >= 0.3 is 0 Å². The van der Waals surface area contributed by atoms with E-state index in [4.69, 9.17) is 4.98 Å². The molecule has 1 aliphatic heterocycles. The summed E-state index contributed by atoms with van der Waals surface area (Å²) in [6.07, 6.45) is 6.02. The molecule has 0 saturated carbocycles. The number of nitrogens with zero attached hydrogens (tertiary/aromatic N) is 6. The third kappa shape index (κ3) is 3.98. The molecule has 0 aromatic carbocycles. The first-order valence-corrected chi connectivity index (χ1v) is 9.42. The smallest absolute Gasteiger partial charge is 0.272 e. The molecule has 0 N–H and O–H groups in total. The summed E-state index contributed by atoms with van der Waals surface area (Å²) in [6.45, 7) is 4.91. The van der Waals surface area contributed by atoms with Crippen molar-refractivity contribution >= 4 is 11.7 Å². The maximum atomic E-state index is 12.7. The summed E-state index contributed by atoms with van der Waals surface area (Å²) < 4.78 is 0. The Balaban J connectivity index is 1.52. The van der Waals surface area contributed by atoms with Crippen LogP contribution in [0, 0.1) is 6.92 Å². The molecule has 0 bridgehead atoms. The van der Waals surface area contributed by atoms with Gasteiger partial charge in [0.1, 0.15) is 11.5 Å². The molecule has 4 rings (SSSR count). The van der Waals surface area contributed by atoms with Gasteiger partial charge in [-0.15, -0.1) is 0 Å². The van der Waals surface area contributed by atoms with E-state index >= 15 is 0 Å². The van der Waals surface area contributed by atoms with Crippen molar-refractivity contribution in [1.29, 1.82) is 0 Å². The Morgan fingerprint density at radius 2 is 1.82 bits per heavy atom. The van der Waals surface area contributed by atoms with Gasteiger partial charge in [0, 0.05) is 62.1 Å². The van der Waals surface area contributed by atoms with E-state index in [0.717, 1.165) is 36.6 Å². The molecule has 1 aliphatic rings. The van der Waals surface area contributed by atoms with Crippen molar-refractivity contribution in [3.8, 4) is 11.4 Å². The Morgan fingerprint density at radius 1 is 0.964 bits per heavy atom. The van der Waals surface area contributed by atoms with Gasteiger partial charge in [0.15, 0.2) is 5.82 Å². The first kappa shape index (κ1) is 18.0. The van der Waals surface area contributed by atoms with Gasteiger partial charge in [0.05, 0.1) is 0 Å². The maximum Gasteiger partial charge on any atom is 0.272 e. The summed E-state index contributed by atoms with van der Waals surface area (Å²) in [4.78, 5) is 34.4. The summed E-state index contributed by atoms with van der Waals surface area (Å²) in [5, 5.41) is 0. The van der Waals surface area contributed by atoms with Crippen molar-refractivity contribution in [2.75, 3.05) is 31.1 Å². The highest BCUT2D eigenvalue weighted by Gasteiger charge is 2.22. The molecule has 142 valence electrons. The second-order valence-corrected chi connectivity index (χ2v) is 6.77. The minimum absolute atomic E-state index is 0.0150. The van der Waals surface area contributed by atoms with E-state index in [0.29, 0.717) is 24.6 Å². The normalized spacial score (nSPS) is 14.6. The molecule has 0 spiro atoms. The summed E-state index contributed by atoms with van der Waals surface area (Å²) in [6, 6.07) is 11.2. The van der Waals surface area contributed by atoms with Crippen molar-refractivity contribution in [2.24, 2.45) is 0 Å². The van der Waals surface area contributed by atoms with Crippen LogP contribution in [0.3, 0.4) is 0 Å². The van der Waals surface area contributed by atoms with E-state index in [1.807, 2.05) is 42.2 Å². The van der Waals surface area contributed by atoms with Gasteiger partial charge in [0.2, 0.25) is 0 Å². The molecule has 0 atom stereocenters. The third-order valence-corrected chi connectivity index (χ3v) is 4.77. The molecule has 1 fully saturated rings. The number of aryl methyl sites for hydroxylation is 1. The largest absolute Gasteiger partial charge is 0.355 e. The molecule has 1 amide bonds. The van der Waals surface area contributed by atoms with Gasteiger partial charge in [-0.3, -0.25) is 14.8 Å². The second kappa shape index (κ2) is 8.12. The molecule has 28 heavy (non-hydrogen) atoms. The molecule has 4 heterocycles. The number of carbonyl (C=O) groups is 1. The standard InChI is InChI=1S/C21H22N6O/c1-16-15-19(25-20(24-16)17-6-9-22-10-7-17)26-11-4-12-27(14-13-26)21(28)18-5-2-3-8-23-18/h2-3,5-10,15H,4,11-14H2,1H3. The Bertz CT molecular complexity index is 948. The number of hydrogen-bond acceptors (Lipinski definition) is 6. The average Bonchev–Trinajstić information content (AvgIpc) is 3.00. The molecule has 7 nitrogen and oxygen atoms in total. The first-order valence-electron chi connectivity index (χ1n) is 9.42. The lowest BCUT2D eigenvalue weighted by Crippen LogP contribution is -2.35. The minimum Gasteiger partial charge on any atom is -0.355 e. The van der Waals surface area contributed by atoms with Gasteiger partial charge in [-0.1, -0.05) is 6.07 Å². The van der Waals surface area contributed by atoms with Crippen LogP contribution >= 0.6 is 0 Å². The summed E-state index contributed by atoms with van der Waals surface area (Å²) in [5.74, 6) is 1.58. The number of amides is 1. The van der Waals surface area contributed by atoms with Gasteiger partial charge in [-0.05, 0) is 37.6 Å². The molecule has 0 unspecified atom stereocenters. The fourth-order valence-corrected chi connectivity index (χ4v) is 3.34. The zero-order chi connectivity index (χ0) is 19.3. The van der Waals surface area contributed by atoms with Crippen LogP contribution in [0.15, 0.2) is 55.0 Å². The molecule has 1 saturated heterocycles. The summed E-state index contributed by atoms with van der Waals surface area (Å²) in [5.41, 5.74) is 2.36. The zero-order valence-corrected chi connectivity index (χ0v) is 15.8. The van der Waals surface area contributed by atoms with Gasteiger partial charge in [-0.2, -0.15) is 0 Å². The lowest BCUT2D eigenvalue weighted by molar-refractivity contribution is 0.0761. The van der Waals surface area contributed by atoms with E-state index in [1.54, 1.807) is 24.7 Å². The van der Waals surface area contributed by atoms with Crippen molar-refractivity contribution in [3.63, 3.8) is 0 Å². The molecular formula is C21H22N6O. The van der Waals surface area contributed by atoms with Crippen LogP contribution in [-0.2, 0) is 0 Å². The highest BCUT2D eigenvalue weighted by molar-refractivity contribution is 5.92. The van der Waals surface area contributed by atoms with Crippen molar-refractivity contribution in [1.82, 2.24) is 24.8 Å². The average molecular weight is 374 g/mol. The predicted octanol–water partition coefficient (Wildman–Crippen LogP) is 2.59. The second-order valence-electron chi connectivity index (χ2n) is 6.77. The lowest BCUT2D eigenvalue weighted by atomic mass is 10.2. The van der Waals surface area contributed by atoms with Gasteiger partial charge in [-0.25, -0.2) is 9.97 Å². The van der Waals surface area contributed by atoms with Crippen LogP contribution in [0.4, 0.5) is 5.82 Å². The number of rotatable bonds is 3. The van der Waals surface area contributed by atoms with Crippen molar-refractivity contribution < 1.29 is 4.79 Å². The Hall–Kier alpha value is -3.35. The lowest BCUT2D eigenvalue weighted by Gasteiger charge is -2.23. The molecule has 0 radical (unpaired) electrons. The number of anilines is 1. The molecule has 3 aromatic rings. The highest BCUT2D eigenvalue weighted by atomic mass is 16.2. The van der Waals surface area contributed by atoms with Crippen LogP contribution < -0.4 is 4.90 Å². The van der Waals surface area contributed by atoms with Crippen LogP contribution in [0.5, 0.6) is 0 Å². The van der Waals surface area contributed by atoms with E-state index < -0.39 is 0 Å². The van der Waals surface area contributed by atoms with E-state index in [2.05, 4.69) is 19.9 Å². The summed E-state index contributed by atoms with van der Waals surface area (Å²) in [7, 11) is 0. The topological polar surface area (TPSA) is 75.1 Å². The maximum absolute atomic E-state index is 12.7. The third-order valence-electron chi connectivity index (χ3n) is 4.77.